The molecule has 8 heteroatoms. The monoisotopic (exact) mass is 483 g/mol. The van der Waals surface area contributed by atoms with E-state index in [9.17, 15) is 23.2 Å². The Bertz CT molecular complexity index is 1050. The molecular weight excluding hydrogens is 452 g/mol. The summed E-state index contributed by atoms with van der Waals surface area (Å²) in [7, 11) is 0. The maximum atomic E-state index is 14.0. The van der Waals surface area contributed by atoms with Crippen LogP contribution in [0.5, 0.6) is 0 Å². The van der Waals surface area contributed by atoms with E-state index in [0.717, 1.165) is 25.0 Å². The Morgan fingerprint density at radius 1 is 0.800 bits per heavy atom. The normalized spacial score (nSPS) is 16.9. The third kappa shape index (κ3) is 6.24. The molecule has 0 atom stereocenters. The predicted octanol–water partition coefficient (Wildman–Crippen LogP) is 3.51. The van der Waals surface area contributed by atoms with Gasteiger partial charge in [0.05, 0.1) is 5.56 Å². The van der Waals surface area contributed by atoms with Crippen LogP contribution in [0, 0.1) is 17.6 Å². The van der Waals surface area contributed by atoms with Crippen molar-refractivity contribution in [2.75, 3.05) is 39.3 Å². The SMILES string of the molecule is O=C(CCCc1ccccc1)N1CCN(C(=O)C2CCN(C(=O)c3ccc(F)cc3F)CC2)CC1. The van der Waals surface area contributed by atoms with Crippen LogP contribution in [0.4, 0.5) is 8.78 Å². The first-order valence-corrected chi connectivity index (χ1v) is 12.3. The van der Waals surface area contributed by atoms with E-state index in [-0.39, 0.29) is 23.3 Å². The zero-order chi connectivity index (χ0) is 24.8. The third-order valence-electron chi connectivity index (χ3n) is 6.94. The van der Waals surface area contributed by atoms with Crippen LogP contribution in [0.1, 0.15) is 41.6 Å². The van der Waals surface area contributed by atoms with E-state index in [1.54, 1.807) is 0 Å². The minimum absolute atomic E-state index is 0.0567. The van der Waals surface area contributed by atoms with E-state index in [4.69, 9.17) is 0 Å². The second kappa shape index (κ2) is 11.4. The van der Waals surface area contributed by atoms with Gasteiger partial charge in [-0.25, -0.2) is 8.78 Å². The molecule has 2 fully saturated rings. The van der Waals surface area contributed by atoms with Crippen LogP contribution in [0.25, 0.3) is 0 Å². The second-order valence-corrected chi connectivity index (χ2v) is 9.24. The molecule has 3 amide bonds. The number of hydrogen-bond donors (Lipinski definition) is 0. The molecule has 0 saturated carbocycles. The standard InChI is InChI=1S/C27H31F2N3O3/c28-22-9-10-23(24(29)19-22)27(35)31-13-11-21(12-14-31)26(34)32-17-15-30(16-18-32)25(33)8-4-7-20-5-2-1-3-6-20/h1-3,5-6,9-10,19,21H,4,7-8,11-18H2. The van der Waals surface area contributed by atoms with Gasteiger partial charge in [0.25, 0.3) is 5.91 Å². The van der Waals surface area contributed by atoms with Gasteiger partial charge in [-0.1, -0.05) is 30.3 Å². The Hall–Kier alpha value is -3.29. The lowest BCUT2D eigenvalue weighted by Crippen LogP contribution is -2.53. The molecule has 0 aliphatic carbocycles. The molecule has 2 aromatic rings. The summed E-state index contributed by atoms with van der Waals surface area (Å²) < 4.78 is 27.1. The molecule has 186 valence electrons. The number of rotatable bonds is 6. The summed E-state index contributed by atoms with van der Waals surface area (Å²) in [5.74, 6) is -2.08. The van der Waals surface area contributed by atoms with Crippen molar-refractivity contribution in [2.24, 2.45) is 5.92 Å². The second-order valence-electron chi connectivity index (χ2n) is 9.24. The molecular formula is C27H31F2N3O3. The molecule has 2 aromatic carbocycles. The fourth-order valence-corrected chi connectivity index (χ4v) is 4.84. The van der Waals surface area contributed by atoms with E-state index < -0.39 is 17.5 Å². The van der Waals surface area contributed by atoms with Gasteiger partial charge in [0.15, 0.2) is 0 Å². The fourth-order valence-electron chi connectivity index (χ4n) is 4.84. The molecule has 0 N–H and O–H groups in total. The lowest BCUT2D eigenvalue weighted by atomic mass is 9.94. The molecule has 2 aliphatic rings. The van der Waals surface area contributed by atoms with Crippen molar-refractivity contribution in [1.29, 1.82) is 0 Å². The van der Waals surface area contributed by atoms with Crippen LogP contribution in [-0.4, -0.2) is 71.7 Å². The van der Waals surface area contributed by atoms with Crippen molar-refractivity contribution in [3.05, 3.63) is 71.3 Å². The number of carbonyl (C=O) groups is 3. The lowest BCUT2D eigenvalue weighted by Gasteiger charge is -2.38. The van der Waals surface area contributed by atoms with E-state index in [2.05, 4.69) is 12.1 Å². The van der Waals surface area contributed by atoms with E-state index in [1.807, 2.05) is 28.0 Å². The van der Waals surface area contributed by atoms with Gasteiger partial charge in [-0.3, -0.25) is 14.4 Å². The highest BCUT2D eigenvalue weighted by Crippen LogP contribution is 2.23. The number of piperazine rings is 1. The third-order valence-corrected chi connectivity index (χ3v) is 6.94. The van der Waals surface area contributed by atoms with Gasteiger partial charge < -0.3 is 14.7 Å². The summed E-state index contributed by atoms with van der Waals surface area (Å²) in [6, 6.07) is 13.0. The fraction of sp³-hybridized carbons (Fsp3) is 0.444. The van der Waals surface area contributed by atoms with Crippen LogP contribution >= 0.6 is 0 Å². The van der Waals surface area contributed by atoms with Gasteiger partial charge in [0.1, 0.15) is 11.6 Å². The minimum atomic E-state index is -0.874. The number of hydrogen-bond acceptors (Lipinski definition) is 3. The number of benzene rings is 2. The first-order valence-electron chi connectivity index (χ1n) is 12.3. The molecule has 0 radical (unpaired) electrons. The van der Waals surface area contributed by atoms with Gasteiger partial charge in [-0.05, 0) is 43.4 Å². The Balaban J connectivity index is 1.19. The summed E-state index contributed by atoms with van der Waals surface area (Å²) in [6.45, 7) is 2.82. The zero-order valence-corrected chi connectivity index (χ0v) is 19.8. The molecule has 2 heterocycles. The number of amides is 3. The molecule has 0 spiro atoms. The maximum Gasteiger partial charge on any atom is 0.256 e. The lowest BCUT2D eigenvalue weighted by molar-refractivity contribution is -0.143. The molecule has 0 aromatic heterocycles. The first-order chi connectivity index (χ1) is 16.9. The average Bonchev–Trinajstić information content (AvgIpc) is 2.89. The average molecular weight is 484 g/mol. The number of halogens is 2. The summed E-state index contributed by atoms with van der Waals surface area (Å²) in [6.07, 6.45) is 3.20. The minimum Gasteiger partial charge on any atom is -0.339 e. The Labute approximate surface area is 204 Å². The maximum absolute atomic E-state index is 14.0. The highest BCUT2D eigenvalue weighted by Gasteiger charge is 2.33. The van der Waals surface area contributed by atoms with E-state index in [0.29, 0.717) is 64.6 Å². The van der Waals surface area contributed by atoms with Crippen molar-refractivity contribution >= 4 is 17.7 Å². The highest BCUT2D eigenvalue weighted by atomic mass is 19.1. The van der Waals surface area contributed by atoms with Crippen LogP contribution in [0.15, 0.2) is 48.5 Å². The van der Waals surface area contributed by atoms with Crippen molar-refractivity contribution in [3.63, 3.8) is 0 Å². The smallest absolute Gasteiger partial charge is 0.256 e. The van der Waals surface area contributed by atoms with Crippen molar-refractivity contribution in [2.45, 2.75) is 32.1 Å². The van der Waals surface area contributed by atoms with Gasteiger partial charge in [0.2, 0.25) is 11.8 Å². The number of piperidine rings is 1. The number of nitrogens with zero attached hydrogens (tertiary/aromatic N) is 3. The van der Waals surface area contributed by atoms with Crippen LogP contribution < -0.4 is 0 Å². The van der Waals surface area contributed by atoms with Gasteiger partial charge in [0, 0.05) is 57.7 Å². The predicted molar refractivity (Wildman–Crippen MR) is 128 cm³/mol. The molecule has 35 heavy (non-hydrogen) atoms. The molecule has 0 unspecified atom stereocenters. The molecule has 2 aliphatic heterocycles. The number of carbonyl (C=O) groups excluding carboxylic acids is 3. The summed E-state index contributed by atoms with van der Waals surface area (Å²) in [4.78, 5) is 43.3. The van der Waals surface area contributed by atoms with Crippen LogP contribution in [-0.2, 0) is 16.0 Å². The summed E-state index contributed by atoms with van der Waals surface area (Å²) in [5.41, 5.74) is 1.08. The Morgan fingerprint density at radius 2 is 1.46 bits per heavy atom. The Kier molecular flexibility index (Phi) is 8.10. The largest absolute Gasteiger partial charge is 0.339 e. The summed E-state index contributed by atoms with van der Waals surface area (Å²) >= 11 is 0. The van der Waals surface area contributed by atoms with Gasteiger partial charge in [-0.15, -0.1) is 0 Å². The van der Waals surface area contributed by atoms with Gasteiger partial charge in [-0.2, -0.15) is 0 Å². The highest BCUT2D eigenvalue weighted by molar-refractivity contribution is 5.94. The number of likely N-dealkylation sites (tertiary alicyclic amines) is 1. The molecule has 4 rings (SSSR count). The zero-order valence-electron chi connectivity index (χ0n) is 19.8. The van der Waals surface area contributed by atoms with E-state index in [1.165, 1.54) is 10.5 Å². The molecule has 6 nitrogen and oxygen atoms in total. The first kappa shape index (κ1) is 24.8. The van der Waals surface area contributed by atoms with Gasteiger partial charge >= 0.3 is 0 Å². The Morgan fingerprint density at radius 3 is 2.11 bits per heavy atom. The van der Waals surface area contributed by atoms with Crippen molar-refractivity contribution < 1.29 is 23.2 Å². The van der Waals surface area contributed by atoms with Crippen LogP contribution in [0.2, 0.25) is 0 Å². The molecule has 0 bridgehead atoms. The van der Waals surface area contributed by atoms with Crippen molar-refractivity contribution in [3.8, 4) is 0 Å². The number of aryl methyl sites for hydroxylation is 1. The van der Waals surface area contributed by atoms with Crippen molar-refractivity contribution in [1.82, 2.24) is 14.7 Å². The van der Waals surface area contributed by atoms with E-state index >= 15 is 0 Å². The topological polar surface area (TPSA) is 60.9 Å². The summed E-state index contributed by atoms with van der Waals surface area (Å²) in [5, 5.41) is 0. The quantitative estimate of drug-likeness (QED) is 0.632. The van der Waals surface area contributed by atoms with Crippen LogP contribution in [0.3, 0.4) is 0 Å². The molecule has 2 saturated heterocycles.